The topological polar surface area (TPSA) is 177 Å². The zero-order valence-corrected chi connectivity index (χ0v) is 20.6. The summed E-state index contributed by atoms with van der Waals surface area (Å²) in [6, 6.07) is 3.46. The van der Waals surface area contributed by atoms with Crippen molar-refractivity contribution in [3.8, 4) is 5.75 Å². The van der Waals surface area contributed by atoms with Crippen LogP contribution in [0.5, 0.6) is 5.75 Å². The number of hydrogen-bond acceptors (Lipinski definition) is 8. The molecule has 1 aromatic rings. The zero-order chi connectivity index (χ0) is 25.0. The Hall–Kier alpha value is -2.44. The number of phenolic OH excluding ortho intramolecular Hbond substituents is 1. The summed E-state index contributed by atoms with van der Waals surface area (Å²) in [5.74, 6) is -2.06. The van der Waals surface area contributed by atoms with Gasteiger partial charge >= 0.3 is 0 Å². The van der Waals surface area contributed by atoms with Gasteiger partial charge in [-0.05, 0) is 51.8 Å². The van der Waals surface area contributed by atoms with Crippen molar-refractivity contribution in [3.05, 3.63) is 29.8 Å². The number of nitrogens with two attached hydrogens (primary N) is 2. The Balaban J connectivity index is 2.18. The Morgan fingerprint density at radius 1 is 1.21 bits per heavy atom. The molecule has 1 heterocycles. The number of amides is 4. The fraction of sp³-hybridized carbons (Fsp3) is 0.524. The number of aromatic hydroxyl groups is 1. The lowest BCUT2D eigenvalue weighted by atomic mass is 9.98. The SMILES string of the molecule is CC1(C)NC(=O)[C@H](NC(=O)[C@@H](N)Cc2ccc(O)cc2)CSSC(C)(C)[C@H](C(N)=O)NC1=O. The van der Waals surface area contributed by atoms with Crippen molar-refractivity contribution >= 4 is 45.2 Å². The quantitative estimate of drug-likeness (QED) is 0.303. The van der Waals surface area contributed by atoms with Gasteiger partial charge in [0.2, 0.25) is 23.6 Å². The molecule has 1 fully saturated rings. The van der Waals surface area contributed by atoms with Gasteiger partial charge in [-0.3, -0.25) is 19.2 Å². The van der Waals surface area contributed by atoms with Crippen LogP contribution in [0.25, 0.3) is 0 Å². The van der Waals surface area contributed by atoms with Crippen LogP contribution in [0.2, 0.25) is 0 Å². The Morgan fingerprint density at radius 3 is 2.39 bits per heavy atom. The minimum Gasteiger partial charge on any atom is -0.508 e. The van der Waals surface area contributed by atoms with Crippen molar-refractivity contribution in [1.82, 2.24) is 16.0 Å². The maximum absolute atomic E-state index is 12.9. The molecule has 0 radical (unpaired) electrons. The van der Waals surface area contributed by atoms with Crippen molar-refractivity contribution in [2.45, 2.75) is 62.5 Å². The molecule has 1 saturated heterocycles. The van der Waals surface area contributed by atoms with Crippen LogP contribution in [-0.2, 0) is 25.6 Å². The van der Waals surface area contributed by atoms with Crippen molar-refractivity contribution < 1.29 is 24.3 Å². The number of hydrogen-bond donors (Lipinski definition) is 6. The van der Waals surface area contributed by atoms with Crippen molar-refractivity contribution in [1.29, 1.82) is 0 Å². The standard InChI is InChI=1S/C21H31N5O5S2/c1-20(2)19(31)25-15(16(23)28)21(3,4)33-32-10-14(18(30)26-20)24-17(29)13(22)9-11-5-7-12(27)8-6-11/h5-8,13-15,27H,9-10,22H2,1-4H3,(H2,23,28)(H,24,29)(H,25,31)(H,26,30)/t13-,14+,15-/m0/s1. The van der Waals surface area contributed by atoms with E-state index < -0.39 is 52.0 Å². The van der Waals surface area contributed by atoms with Crippen LogP contribution in [-0.4, -0.2) is 62.9 Å². The Labute approximate surface area is 200 Å². The first kappa shape index (κ1) is 26.8. The predicted octanol–water partition coefficient (Wildman–Crippen LogP) is -0.215. The molecule has 2 rings (SSSR count). The molecule has 0 spiro atoms. The van der Waals surface area contributed by atoms with Gasteiger partial charge in [0.1, 0.15) is 23.4 Å². The third-order valence-electron chi connectivity index (χ3n) is 5.13. The Morgan fingerprint density at radius 2 is 1.82 bits per heavy atom. The second kappa shape index (κ2) is 10.7. The molecule has 182 valence electrons. The van der Waals surface area contributed by atoms with Crippen LogP contribution < -0.4 is 27.4 Å². The summed E-state index contributed by atoms with van der Waals surface area (Å²) in [5.41, 5.74) is 10.9. The van der Waals surface area contributed by atoms with Crippen LogP contribution in [0, 0.1) is 0 Å². The molecule has 0 bridgehead atoms. The molecule has 0 aliphatic carbocycles. The highest BCUT2D eigenvalue weighted by molar-refractivity contribution is 8.77. The van der Waals surface area contributed by atoms with E-state index >= 15 is 0 Å². The molecule has 10 nitrogen and oxygen atoms in total. The molecule has 3 atom stereocenters. The van der Waals surface area contributed by atoms with E-state index in [2.05, 4.69) is 16.0 Å². The lowest BCUT2D eigenvalue weighted by molar-refractivity contribution is -0.136. The number of benzene rings is 1. The number of carbonyl (C=O) groups excluding carboxylic acids is 4. The Bertz CT molecular complexity index is 907. The monoisotopic (exact) mass is 497 g/mol. The minimum atomic E-state index is -1.36. The Kier molecular flexibility index (Phi) is 8.66. The highest BCUT2D eigenvalue weighted by Crippen LogP contribution is 2.39. The van der Waals surface area contributed by atoms with Crippen molar-refractivity contribution in [2.75, 3.05) is 5.75 Å². The molecule has 33 heavy (non-hydrogen) atoms. The first-order valence-electron chi connectivity index (χ1n) is 10.3. The van der Waals surface area contributed by atoms with Crippen LogP contribution in [0.1, 0.15) is 33.3 Å². The molecule has 12 heteroatoms. The third-order valence-corrected chi connectivity index (χ3v) is 8.43. The molecule has 1 aliphatic heterocycles. The maximum Gasteiger partial charge on any atom is 0.245 e. The summed E-state index contributed by atoms with van der Waals surface area (Å²) in [6.07, 6.45) is 0.212. The molecular formula is C21H31N5O5S2. The smallest absolute Gasteiger partial charge is 0.245 e. The van der Waals surface area contributed by atoms with E-state index in [4.69, 9.17) is 11.5 Å². The van der Waals surface area contributed by atoms with Gasteiger partial charge in [-0.25, -0.2) is 0 Å². The predicted molar refractivity (Wildman–Crippen MR) is 129 cm³/mol. The van der Waals surface area contributed by atoms with Crippen LogP contribution in [0.15, 0.2) is 24.3 Å². The van der Waals surface area contributed by atoms with Gasteiger partial charge in [0.15, 0.2) is 0 Å². The zero-order valence-electron chi connectivity index (χ0n) is 19.0. The molecule has 0 saturated carbocycles. The summed E-state index contributed by atoms with van der Waals surface area (Å²) in [5, 5.41) is 17.3. The first-order chi connectivity index (χ1) is 15.2. The lowest BCUT2D eigenvalue weighted by Gasteiger charge is -2.33. The average molecular weight is 498 g/mol. The van der Waals surface area contributed by atoms with E-state index in [9.17, 15) is 24.3 Å². The van der Waals surface area contributed by atoms with E-state index in [0.717, 1.165) is 5.56 Å². The lowest BCUT2D eigenvalue weighted by Crippen LogP contribution is -2.64. The van der Waals surface area contributed by atoms with Gasteiger partial charge in [0.25, 0.3) is 0 Å². The van der Waals surface area contributed by atoms with Crippen LogP contribution >= 0.6 is 21.6 Å². The normalized spacial score (nSPS) is 23.9. The van der Waals surface area contributed by atoms with Gasteiger partial charge in [-0.15, -0.1) is 0 Å². The maximum atomic E-state index is 12.9. The average Bonchev–Trinajstić information content (AvgIpc) is 2.71. The number of carbonyl (C=O) groups is 4. The molecule has 0 unspecified atom stereocenters. The van der Waals surface area contributed by atoms with Crippen molar-refractivity contribution in [3.63, 3.8) is 0 Å². The molecule has 0 aromatic heterocycles. The van der Waals surface area contributed by atoms with E-state index in [1.165, 1.54) is 47.6 Å². The largest absolute Gasteiger partial charge is 0.508 e. The molecular weight excluding hydrogens is 466 g/mol. The van der Waals surface area contributed by atoms with Gasteiger partial charge in [-0.2, -0.15) is 0 Å². The number of nitrogens with one attached hydrogen (secondary N) is 3. The van der Waals surface area contributed by atoms with Gasteiger partial charge in [-0.1, -0.05) is 33.7 Å². The fourth-order valence-electron chi connectivity index (χ4n) is 3.09. The molecule has 1 aliphatic rings. The highest BCUT2D eigenvalue weighted by atomic mass is 33.1. The molecule has 1 aromatic carbocycles. The van der Waals surface area contributed by atoms with Gasteiger partial charge in [0, 0.05) is 10.5 Å². The van der Waals surface area contributed by atoms with Crippen molar-refractivity contribution in [2.24, 2.45) is 11.5 Å². The van der Waals surface area contributed by atoms with Crippen LogP contribution in [0.3, 0.4) is 0 Å². The van der Waals surface area contributed by atoms with Gasteiger partial charge < -0.3 is 32.5 Å². The van der Waals surface area contributed by atoms with E-state index in [-0.39, 0.29) is 17.9 Å². The van der Waals surface area contributed by atoms with E-state index in [1.807, 2.05) is 0 Å². The van der Waals surface area contributed by atoms with E-state index in [0.29, 0.717) is 0 Å². The van der Waals surface area contributed by atoms with E-state index in [1.54, 1.807) is 26.0 Å². The fourth-order valence-corrected chi connectivity index (χ4v) is 5.92. The summed E-state index contributed by atoms with van der Waals surface area (Å²) in [4.78, 5) is 50.5. The number of phenols is 1. The molecule has 8 N–H and O–H groups in total. The summed E-state index contributed by atoms with van der Waals surface area (Å²) >= 11 is 0. The van der Waals surface area contributed by atoms with Crippen LogP contribution in [0.4, 0.5) is 0 Å². The highest BCUT2D eigenvalue weighted by Gasteiger charge is 2.42. The summed E-state index contributed by atoms with van der Waals surface area (Å²) in [7, 11) is 2.56. The van der Waals surface area contributed by atoms with Gasteiger partial charge in [0.05, 0.1) is 6.04 Å². The molecule has 4 amide bonds. The first-order valence-corrected chi connectivity index (χ1v) is 12.6. The minimum absolute atomic E-state index is 0.105. The summed E-state index contributed by atoms with van der Waals surface area (Å²) in [6.45, 7) is 6.53. The third kappa shape index (κ3) is 7.27. The second-order valence-electron chi connectivity index (χ2n) is 8.93. The second-order valence-corrected chi connectivity index (χ2v) is 11.9. The summed E-state index contributed by atoms with van der Waals surface area (Å²) < 4.78 is -0.778. The number of rotatable bonds is 5. The number of primary amides is 1.